The van der Waals surface area contributed by atoms with E-state index in [2.05, 4.69) is 62.6 Å². The van der Waals surface area contributed by atoms with Crippen molar-refractivity contribution in [2.24, 2.45) is 10.9 Å². The minimum atomic E-state index is 0. The van der Waals surface area contributed by atoms with Crippen LogP contribution < -0.4 is 15.5 Å². The molecule has 0 radical (unpaired) electrons. The van der Waals surface area contributed by atoms with E-state index in [0.717, 1.165) is 55.9 Å². The fourth-order valence-electron chi connectivity index (χ4n) is 4.03. The van der Waals surface area contributed by atoms with Crippen molar-refractivity contribution in [3.63, 3.8) is 0 Å². The number of aromatic nitrogens is 1. The largest absolute Gasteiger partial charge is 0.356 e. The minimum Gasteiger partial charge on any atom is -0.356 e. The number of hydrogen-bond donors (Lipinski definition) is 2. The molecule has 1 atom stereocenters. The molecule has 7 heteroatoms. The van der Waals surface area contributed by atoms with Crippen molar-refractivity contribution < 1.29 is 0 Å². The maximum Gasteiger partial charge on any atom is 0.191 e. The maximum atomic E-state index is 4.65. The summed E-state index contributed by atoms with van der Waals surface area (Å²) in [6.07, 6.45) is 4.85. The molecule has 2 aliphatic heterocycles. The number of rotatable bonds is 4. The Balaban J connectivity index is 0.00000261. The third kappa shape index (κ3) is 6.78. The van der Waals surface area contributed by atoms with Crippen LogP contribution in [-0.4, -0.2) is 68.7 Å². The normalized spacial score (nSPS) is 22.3. The molecule has 2 aliphatic rings. The molecular weight excluding hydrogens is 451 g/mol. The first-order valence-corrected chi connectivity index (χ1v) is 9.98. The molecule has 0 spiro atoms. The highest BCUT2D eigenvalue weighted by molar-refractivity contribution is 14.0. The highest BCUT2D eigenvalue weighted by Crippen LogP contribution is 2.18. The number of likely N-dealkylation sites (tertiary alicyclic amines) is 1. The third-order valence-electron chi connectivity index (χ3n) is 5.54. The van der Waals surface area contributed by atoms with Crippen LogP contribution in [-0.2, 0) is 0 Å². The zero-order valence-electron chi connectivity index (χ0n) is 16.9. The van der Waals surface area contributed by atoms with Gasteiger partial charge < -0.3 is 20.4 Å². The smallest absolute Gasteiger partial charge is 0.191 e. The van der Waals surface area contributed by atoms with E-state index in [9.17, 15) is 0 Å². The van der Waals surface area contributed by atoms with Crippen LogP contribution in [0.1, 0.15) is 31.4 Å². The Bertz CT molecular complexity index is 600. The van der Waals surface area contributed by atoms with Gasteiger partial charge in [0.25, 0.3) is 0 Å². The van der Waals surface area contributed by atoms with Crippen LogP contribution in [0.4, 0.5) is 5.82 Å². The summed E-state index contributed by atoms with van der Waals surface area (Å²) in [6, 6.07) is 6.74. The number of halogens is 1. The van der Waals surface area contributed by atoms with E-state index in [1.165, 1.54) is 25.9 Å². The average Bonchev–Trinajstić information content (AvgIpc) is 2.66. The molecule has 0 aromatic carbocycles. The number of guanidine groups is 1. The number of aliphatic imine (C=N–C) groups is 1. The Labute approximate surface area is 181 Å². The average molecular weight is 486 g/mol. The van der Waals surface area contributed by atoms with Gasteiger partial charge in [-0.2, -0.15) is 0 Å². The van der Waals surface area contributed by atoms with Gasteiger partial charge in [0.1, 0.15) is 5.82 Å². The summed E-state index contributed by atoms with van der Waals surface area (Å²) in [5, 5.41) is 7.16. The fraction of sp³-hybridized carbons (Fsp3) is 0.700. The Morgan fingerprint density at radius 1 is 1.22 bits per heavy atom. The van der Waals surface area contributed by atoms with Crippen LogP contribution in [0.25, 0.3) is 0 Å². The van der Waals surface area contributed by atoms with E-state index < -0.39 is 0 Å². The van der Waals surface area contributed by atoms with Gasteiger partial charge in [-0.15, -0.1) is 24.0 Å². The van der Waals surface area contributed by atoms with Gasteiger partial charge in [-0.3, -0.25) is 4.99 Å². The van der Waals surface area contributed by atoms with Gasteiger partial charge in [-0.05, 0) is 64.3 Å². The number of piperidine rings is 2. The summed E-state index contributed by atoms with van der Waals surface area (Å²) in [6.45, 7) is 7.56. The molecule has 6 nitrogen and oxygen atoms in total. The lowest BCUT2D eigenvalue weighted by Crippen LogP contribution is -2.50. The van der Waals surface area contributed by atoms with E-state index in [1.54, 1.807) is 0 Å². The van der Waals surface area contributed by atoms with Gasteiger partial charge in [0.2, 0.25) is 0 Å². The molecule has 3 rings (SSSR count). The number of anilines is 1. The van der Waals surface area contributed by atoms with Crippen molar-refractivity contribution in [3.05, 3.63) is 23.9 Å². The SMILES string of the molecule is CN=C(NCC1CCCN(C)C1)NC1CCN(c2cccc(C)n2)CC1.I. The first-order valence-electron chi connectivity index (χ1n) is 9.98. The number of hydrogen-bond acceptors (Lipinski definition) is 4. The molecule has 1 aromatic heterocycles. The van der Waals surface area contributed by atoms with Crippen molar-refractivity contribution in [3.8, 4) is 0 Å². The lowest BCUT2D eigenvalue weighted by molar-refractivity contribution is 0.210. The Morgan fingerprint density at radius 2 is 2.00 bits per heavy atom. The highest BCUT2D eigenvalue weighted by Gasteiger charge is 2.22. The maximum absolute atomic E-state index is 4.65. The van der Waals surface area contributed by atoms with E-state index in [0.29, 0.717) is 6.04 Å². The molecule has 2 saturated heterocycles. The van der Waals surface area contributed by atoms with Gasteiger partial charge in [0, 0.05) is 45.0 Å². The number of aryl methyl sites for hydroxylation is 1. The van der Waals surface area contributed by atoms with Gasteiger partial charge in [0.05, 0.1) is 0 Å². The lowest BCUT2D eigenvalue weighted by Gasteiger charge is -2.34. The summed E-state index contributed by atoms with van der Waals surface area (Å²) in [4.78, 5) is 13.9. The van der Waals surface area contributed by atoms with Crippen LogP contribution in [0.5, 0.6) is 0 Å². The summed E-state index contributed by atoms with van der Waals surface area (Å²) in [5.74, 6) is 2.78. The molecule has 1 aromatic rings. The van der Waals surface area contributed by atoms with Crippen LogP contribution in [0.2, 0.25) is 0 Å². The van der Waals surface area contributed by atoms with Crippen molar-refractivity contribution in [1.82, 2.24) is 20.5 Å². The molecule has 0 bridgehead atoms. The quantitative estimate of drug-likeness (QED) is 0.389. The predicted molar refractivity (Wildman–Crippen MR) is 124 cm³/mol. The standard InChI is InChI=1S/C20H34N6.HI/c1-16-6-4-8-19(23-16)26-12-9-18(10-13-26)24-20(21-2)22-14-17-7-5-11-25(3)15-17;/h4,6,8,17-18H,5,7,9-15H2,1-3H3,(H2,21,22,24);1H. The van der Waals surface area contributed by atoms with Crippen LogP contribution >= 0.6 is 24.0 Å². The molecular formula is C20H35IN6. The molecule has 0 saturated carbocycles. The van der Waals surface area contributed by atoms with Gasteiger partial charge in [-0.25, -0.2) is 4.98 Å². The summed E-state index contributed by atoms with van der Waals surface area (Å²) < 4.78 is 0. The van der Waals surface area contributed by atoms with Crippen molar-refractivity contribution in [2.75, 3.05) is 51.7 Å². The van der Waals surface area contributed by atoms with Crippen molar-refractivity contribution >= 4 is 35.8 Å². The van der Waals surface area contributed by atoms with Crippen LogP contribution in [0.3, 0.4) is 0 Å². The van der Waals surface area contributed by atoms with Gasteiger partial charge in [-0.1, -0.05) is 6.07 Å². The first kappa shape index (κ1) is 22.2. The molecule has 3 heterocycles. The molecule has 0 amide bonds. The van der Waals surface area contributed by atoms with E-state index in [1.807, 2.05) is 7.05 Å². The first-order chi connectivity index (χ1) is 12.6. The number of pyridine rings is 1. The topological polar surface area (TPSA) is 55.8 Å². The molecule has 0 aliphatic carbocycles. The third-order valence-corrected chi connectivity index (χ3v) is 5.54. The Hall–Kier alpha value is -1.09. The molecule has 152 valence electrons. The minimum absolute atomic E-state index is 0. The zero-order valence-corrected chi connectivity index (χ0v) is 19.3. The summed E-state index contributed by atoms with van der Waals surface area (Å²) in [7, 11) is 4.09. The zero-order chi connectivity index (χ0) is 18.4. The number of nitrogens with one attached hydrogen (secondary N) is 2. The van der Waals surface area contributed by atoms with Crippen molar-refractivity contribution in [2.45, 2.75) is 38.6 Å². The monoisotopic (exact) mass is 486 g/mol. The molecule has 27 heavy (non-hydrogen) atoms. The molecule has 2 fully saturated rings. The summed E-state index contributed by atoms with van der Waals surface area (Å²) >= 11 is 0. The summed E-state index contributed by atoms with van der Waals surface area (Å²) in [5.41, 5.74) is 1.08. The number of nitrogens with zero attached hydrogens (tertiary/aromatic N) is 4. The van der Waals surface area contributed by atoms with Crippen LogP contribution in [0.15, 0.2) is 23.2 Å². The van der Waals surface area contributed by atoms with E-state index in [4.69, 9.17) is 0 Å². The predicted octanol–water partition coefficient (Wildman–Crippen LogP) is 2.48. The highest BCUT2D eigenvalue weighted by atomic mass is 127. The molecule has 1 unspecified atom stereocenters. The Kier molecular flexibility index (Phi) is 9.08. The van der Waals surface area contributed by atoms with E-state index >= 15 is 0 Å². The van der Waals surface area contributed by atoms with E-state index in [-0.39, 0.29) is 24.0 Å². The second-order valence-electron chi connectivity index (χ2n) is 7.77. The fourth-order valence-corrected chi connectivity index (χ4v) is 4.03. The second kappa shape index (κ2) is 11.0. The van der Waals surface area contributed by atoms with Crippen molar-refractivity contribution in [1.29, 1.82) is 0 Å². The second-order valence-corrected chi connectivity index (χ2v) is 7.77. The Morgan fingerprint density at radius 3 is 2.67 bits per heavy atom. The van der Waals surface area contributed by atoms with Crippen LogP contribution in [0, 0.1) is 12.8 Å². The molecule has 2 N–H and O–H groups in total. The van der Waals surface area contributed by atoms with Gasteiger partial charge in [0.15, 0.2) is 5.96 Å². The van der Waals surface area contributed by atoms with Gasteiger partial charge >= 0.3 is 0 Å². The lowest BCUT2D eigenvalue weighted by atomic mass is 9.98.